The monoisotopic (exact) mass is 427 g/mol. The molecule has 1 aromatic heterocycles. The predicted molar refractivity (Wildman–Crippen MR) is 113 cm³/mol. The molecule has 0 spiro atoms. The van der Waals surface area contributed by atoms with E-state index in [0.29, 0.717) is 22.7 Å². The Morgan fingerprint density at radius 3 is 2.60 bits per heavy atom. The molecule has 0 unspecified atom stereocenters. The van der Waals surface area contributed by atoms with Gasteiger partial charge in [0.05, 0.1) is 25.2 Å². The number of rotatable bonds is 6. The van der Waals surface area contributed by atoms with Crippen LogP contribution in [0.4, 0.5) is 4.79 Å². The first kappa shape index (κ1) is 20.9. The molecule has 0 bridgehead atoms. The van der Waals surface area contributed by atoms with Crippen molar-refractivity contribution in [1.29, 1.82) is 0 Å². The van der Waals surface area contributed by atoms with E-state index in [1.807, 2.05) is 19.1 Å². The molecule has 0 aliphatic heterocycles. The smallest absolute Gasteiger partial charge is 0.332 e. The third-order valence-corrected chi connectivity index (χ3v) is 4.31. The molecule has 3 aromatic rings. The van der Waals surface area contributed by atoms with E-state index >= 15 is 0 Å². The fourth-order valence-electron chi connectivity index (χ4n) is 2.50. The summed E-state index contributed by atoms with van der Waals surface area (Å²) in [4.78, 5) is 23.3. The molecule has 0 aliphatic carbocycles. The average Bonchev–Trinajstić information content (AvgIpc) is 2.73. The normalized spacial score (nSPS) is 10.8. The molecule has 0 fully saturated rings. The number of hydrazone groups is 1. The summed E-state index contributed by atoms with van der Waals surface area (Å²) in [6.45, 7) is 1.95. The number of aromatic nitrogens is 2. The van der Waals surface area contributed by atoms with Crippen LogP contribution in [0.5, 0.6) is 17.2 Å². The van der Waals surface area contributed by atoms with Crippen LogP contribution in [0.1, 0.15) is 11.1 Å². The molecule has 30 heavy (non-hydrogen) atoms. The van der Waals surface area contributed by atoms with Gasteiger partial charge in [-0.15, -0.1) is 0 Å². The highest BCUT2D eigenvalue weighted by molar-refractivity contribution is 6.31. The van der Waals surface area contributed by atoms with Crippen LogP contribution in [0.3, 0.4) is 0 Å². The van der Waals surface area contributed by atoms with Crippen LogP contribution in [0, 0.1) is 6.92 Å². The standard InChI is InChI=1S/C20H18ClN5O4/c1-12-3-6-14(7-4-12)26-19(27)18(21)17(11-24-26)30-15-8-5-13(9-16(15)29-2)10-23-25-20(22)28/h3-11H,1-2H3,(H3,22,25,28). The van der Waals surface area contributed by atoms with E-state index in [4.69, 9.17) is 26.8 Å². The van der Waals surface area contributed by atoms with Gasteiger partial charge in [-0.3, -0.25) is 4.79 Å². The second-order valence-electron chi connectivity index (χ2n) is 6.12. The molecule has 0 saturated carbocycles. The Balaban J connectivity index is 1.88. The van der Waals surface area contributed by atoms with Crippen LogP contribution in [-0.4, -0.2) is 29.1 Å². The number of aryl methyl sites for hydroxylation is 1. The molecule has 154 valence electrons. The lowest BCUT2D eigenvalue weighted by Crippen LogP contribution is -2.24. The van der Waals surface area contributed by atoms with E-state index in [2.05, 4.69) is 15.6 Å². The molecule has 3 rings (SSSR count). The maximum atomic E-state index is 12.6. The van der Waals surface area contributed by atoms with Crippen molar-refractivity contribution in [2.75, 3.05) is 7.11 Å². The average molecular weight is 428 g/mol. The Morgan fingerprint density at radius 2 is 1.93 bits per heavy atom. The zero-order valence-electron chi connectivity index (χ0n) is 16.1. The first-order valence-electron chi connectivity index (χ1n) is 8.68. The molecular formula is C20H18ClN5O4. The molecule has 0 radical (unpaired) electrons. The van der Waals surface area contributed by atoms with Gasteiger partial charge in [-0.1, -0.05) is 29.3 Å². The molecule has 0 aliphatic rings. The van der Waals surface area contributed by atoms with Crippen LogP contribution in [0.2, 0.25) is 5.02 Å². The summed E-state index contributed by atoms with van der Waals surface area (Å²) >= 11 is 6.24. The number of hydrogen-bond acceptors (Lipinski definition) is 6. The zero-order valence-corrected chi connectivity index (χ0v) is 16.9. The number of nitrogens with two attached hydrogens (primary N) is 1. The van der Waals surface area contributed by atoms with Crippen molar-refractivity contribution >= 4 is 23.8 Å². The van der Waals surface area contributed by atoms with Crippen molar-refractivity contribution in [3.8, 4) is 22.9 Å². The van der Waals surface area contributed by atoms with Gasteiger partial charge in [0, 0.05) is 0 Å². The van der Waals surface area contributed by atoms with Crippen molar-refractivity contribution in [2.45, 2.75) is 6.92 Å². The summed E-state index contributed by atoms with van der Waals surface area (Å²) in [6, 6.07) is 11.4. The molecule has 0 atom stereocenters. The largest absolute Gasteiger partial charge is 0.493 e. The van der Waals surface area contributed by atoms with Gasteiger partial charge in [0.25, 0.3) is 5.56 Å². The van der Waals surface area contributed by atoms with Gasteiger partial charge in [0.15, 0.2) is 22.3 Å². The first-order chi connectivity index (χ1) is 14.4. The molecule has 1 heterocycles. The van der Waals surface area contributed by atoms with Crippen molar-refractivity contribution < 1.29 is 14.3 Å². The summed E-state index contributed by atoms with van der Waals surface area (Å²) in [5.41, 5.74) is 8.79. The molecule has 3 N–H and O–H groups in total. The van der Waals surface area contributed by atoms with Crippen LogP contribution in [-0.2, 0) is 0 Å². The number of urea groups is 1. The lowest BCUT2D eigenvalue weighted by atomic mass is 10.2. The van der Waals surface area contributed by atoms with E-state index in [1.54, 1.807) is 30.3 Å². The predicted octanol–water partition coefficient (Wildman–Crippen LogP) is 3.00. The highest BCUT2D eigenvalue weighted by Gasteiger charge is 2.15. The van der Waals surface area contributed by atoms with Gasteiger partial charge in [-0.2, -0.15) is 14.9 Å². The Hall–Kier alpha value is -3.85. The Labute approximate surface area is 176 Å². The van der Waals surface area contributed by atoms with E-state index in [1.165, 1.54) is 24.2 Å². The maximum Gasteiger partial charge on any atom is 0.332 e. The number of carbonyl (C=O) groups is 1. The number of amides is 2. The topological polar surface area (TPSA) is 121 Å². The van der Waals surface area contributed by atoms with Crippen LogP contribution < -0.4 is 26.2 Å². The molecule has 2 aromatic carbocycles. The van der Waals surface area contributed by atoms with E-state index in [-0.39, 0.29) is 10.8 Å². The minimum atomic E-state index is -0.777. The number of methoxy groups -OCH3 is 1. The van der Waals surface area contributed by atoms with Crippen molar-refractivity contribution in [2.24, 2.45) is 10.8 Å². The second kappa shape index (κ2) is 9.10. The third kappa shape index (κ3) is 4.76. The number of benzene rings is 2. The Morgan fingerprint density at radius 1 is 1.20 bits per heavy atom. The van der Waals surface area contributed by atoms with Crippen LogP contribution in [0.15, 0.2) is 58.6 Å². The second-order valence-corrected chi connectivity index (χ2v) is 6.50. The molecule has 0 saturated heterocycles. The number of ether oxygens (including phenoxy) is 2. The number of primary amides is 1. The highest BCUT2D eigenvalue weighted by Crippen LogP contribution is 2.34. The van der Waals surface area contributed by atoms with Crippen molar-refractivity contribution in [1.82, 2.24) is 15.2 Å². The fraction of sp³-hybridized carbons (Fsp3) is 0.100. The molecule has 9 nitrogen and oxygen atoms in total. The molecule has 10 heteroatoms. The van der Waals surface area contributed by atoms with Crippen molar-refractivity contribution in [3.63, 3.8) is 0 Å². The first-order valence-corrected chi connectivity index (χ1v) is 9.06. The van der Waals surface area contributed by atoms with E-state index in [0.717, 1.165) is 5.56 Å². The minimum Gasteiger partial charge on any atom is -0.493 e. The zero-order chi connectivity index (χ0) is 21.7. The third-order valence-electron chi connectivity index (χ3n) is 3.96. The van der Waals surface area contributed by atoms with Crippen LogP contribution >= 0.6 is 11.6 Å². The van der Waals surface area contributed by atoms with Gasteiger partial charge in [-0.05, 0) is 42.8 Å². The number of nitrogens with zero attached hydrogens (tertiary/aromatic N) is 3. The van der Waals surface area contributed by atoms with Gasteiger partial charge < -0.3 is 15.2 Å². The highest BCUT2D eigenvalue weighted by atomic mass is 35.5. The minimum absolute atomic E-state index is 0.0835. The van der Waals surface area contributed by atoms with Gasteiger partial charge in [0.2, 0.25) is 0 Å². The lowest BCUT2D eigenvalue weighted by Gasteiger charge is -2.12. The van der Waals surface area contributed by atoms with Gasteiger partial charge >= 0.3 is 6.03 Å². The number of hydrogen-bond donors (Lipinski definition) is 2. The van der Waals surface area contributed by atoms with Gasteiger partial charge in [-0.25, -0.2) is 10.2 Å². The summed E-state index contributed by atoms with van der Waals surface area (Å²) in [7, 11) is 1.46. The van der Waals surface area contributed by atoms with Crippen LogP contribution in [0.25, 0.3) is 5.69 Å². The Kier molecular flexibility index (Phi) is 6.33. The summed E-state index contributed by atoms with van der Waals surface area (Å²) in [6.07, 6.45) is 2.74. The van der Waals surface area contributed by atoms with E-state index in [9.17, 15) is 9.59 Å². The molecule has 2 amide bonds. The number of halogens is 1. The summed E-state index contributed by atoms with van der Waals surface area (Å²) in [5, 5.41) is 7.70. The summed E-state index contributed by atoms with van der Waals surface area (Å²) < 4.78 is 12.3. The lowest BCUT2D eigenvalue weighted by molar-refractivity contribution is 0.249. The van der Waals surface area contributed by atoms with Gasteiger partial charge in [0.1, 0.15) is 0 Å². The molecular weight excluding hydrogens is 410 g/mol. The summed E-state index contributed by atoms with van der Waals surface area (Å²) in [5.74, 6) is 0.755. The number of carbonyl (C=O) groups excluding carboxylic acids is 1. The quantitative estimate of drug-likeness (QED) is 0.462. The SMILES string of the molecule is COc1cc(C=NNC(N)=O)ccc1Oc1cnn(-c2ccc(C)cc2)c(=O)c1Cl. The number of nitrogens with one attached hydrogen (secondary N) is 1. The van der Waals surface area contributed by atoms with E-state index < -0.39 is 11.6 Å². The fourth-order valence-corrected chi connectivity index (χ4v) is 2.66. The Bertz CT molecular complexity index is 1160. The maximum absolute atomic E-state index is 12.6. The van der Waals surface area contributed by atoms with Crippen molar-refractivity contribution in [3.05, 3.63) is 75.2 Å².